The van der Waals surface area contributed by atoms with Crippen molar-refractivity contribution < 1.29 is 14.3 Å². The van der Waals surface area contributed by atoms with Crippen molar-refractivity contribution in [2.45, 2.75) is 72.8 Å². The predicted octanol–water partition coefficient (Wildman–Crippen LogP) is 8.08. The second kappa shape index (κ2) is 9.43. The van der Waals surface area contributed by atoms with Crippen LogP contribution in [0.4, 0.5) is 0 Å². The third kappa shape index (κ3) is 5.84. The van der Waals surface area contributed by atoms with Gasteiger partial charge in [-0.2, -0.15) is 0 Å². The van der Waals surface area contributed by atoms with E-state index in [1.807, 2.05) is 44.2 Å². The molecule has 0 aliphatic heterocycles. The molecule has 0 fully saturated rings. The summed E-state index contributed by atoms with van der Waals surface area (Å²) in [6.45, 7) is 17.6. The van der Waals surface area contributed by atoms with Crippen LogP contribution in [-0.4, -0.2) is 6.29 Å². The summed E-state index contributed by atoms with van der Waals surface area (Å²) in [4.78, 5) is 11.7. The van der Waals surface area contributed by atoms with Crippen molar-refractivity contribution in [3.05, 3.63) is 88.0 Å². The Labute approximate surface area is 198 Å². The summed E-state index contributed by atoms with van der Waals surface area (Å²) in [7, 11) is 0. The van der Waals surface area contributed by atoms with Crippen LogP contribution in [-0.2, 0) is 17.4 Å². The van der Waals surface area contributed by atoms with Gasteiger partial charge in [0.1, 0.15) is 30.1 Å². The molecule has 0 aliphatic rings. The molecule has 0 saturated carbocycles. The number of hydrogen-bond donors (Lipinski definition) is 0. The number of carbonyl (C=O) groups excluding carboxylic acids is 1. The van der Waals surface area contributed by atoms with Crippen LogP contribution in [0.1, 0.15) is 79.7 Å². The number of carbonyl (C=O) groups is 1. The molecule has 0 spiro atoms. The SMILES string of the molecule is Cc1cccc(C)c1OCc1cc(Oc2ccc(C(C)(C)C)cc2C(C)(C)C)ccc1C=O. The minimum atomic E-state index is -0.0758. The Kier molecular flexibility index (Phi) is 7.02. The van der Waals surface area contributed by atoms with E-state index < -0.39 is 0 Å². The number of benzene rings is 3. The highest BCUT2D eigenvalue weighted by Gasteiger charge is 2.23. The second-order valence-electron chi connectivity index (χ2n) is 10.8. The monoisotopic (exact) mass is 444 g/mol. The fourth-order valence-corrected chi connectivity index (χ4v) is 3.86. The molecule has 174 valence electrons. The molecule has 3 heteroatoms. The predicted molar refractivity (Wildman–Crippen MR) is 136 cm³/mol. The Hall–Kier alpha value is -3.07. The summed E-state index contributed by atoms with van der Waals surface area (Å²) in [5.41, 5.74) is 5.96. The first-order valence-corrected chi connectivity index (χ1v) is 11.5. The number of para-hydroxylation sites is 1. The number of rotatable bonds is 6. The van der Waals surface area contributed by atoms with Gasteiger partial charge in [0.05, 0.1) is 0 Å². The summed E-state index contributed by atoms with van der Waals surface area (Å²) in [5, 5.41) is 0. The van der Waals surface area contributed by atoms with Crippen LogP contribution in [0.5, 0.6) is 17.2 Å². The van der Waals surface area contributed by atoms with Gasteiger partial charge in [-0.25, -0.2) is 0 Å². The molecule has 0 atom stereocenters. The Balaban J connectivity index is 1.93. The van der Waals surface area contributed by atoms with Gasteiger partial charge in [-0.15, -0.1) is 0 Å². The topological polar surface area (TPSA) is 35.5 Å². The molecule has 0 aliphatic carbocycles. The summed E-state index contributed by atoms with van der Waals surface area (Å²) in [6.07, 6.45) is 0.867. The Morgan fingerprint density at radius 1 is 0.818 bits per heavy atom. The molecule has 3 aromatic rings. The first-order chi connectivity index (χ1) is 15.4. The van der Waals surface area contributed by atoms with Crippen LogP contribution in [0.25, 0.3) is 0 Å². The Bertz CT molecular complexity index is 1120. The van der Waals surface area contributed by atoms with Crippen molar-refractivity contribution in [2.75, 3.05) is 0 Å². The van der Waals surface area contributed by atoms with Crippen LogP contribution < -0.4 is 9.47 Å². The normalized spacial score (nSPS) is 11.9. The third-order valence-electron chi connectivity index (χ3n) is 5.90. The molecular formula is C30H36O3. The summed E-state index contributed by atoms with van der Waals surface area (Å²) < 4.78 is 12.5. The van der Waals surface area contributed by atoms with Crippen LogP contribution in [0.15, 0.2) is 54.6 Å². The maximum Gasteiger partial charge on any atom is 0.150 e. The highest BCUT2D eigenvalue weighted by molar-refractivity contribution is 5.77. The fraction of sp³-hybridized carbons (Fsp3) is 0.367. The lowest BCUT2D eigenvalue weighted by Gasteiger charge is -2.27. The molecule has 0 unspecified atom stereocenters. The number of hydrogen-bond acceptors (Lipinski definition) is 3. The molecule has 3 rings (SSSR count). The third-order valence-corrected chi connectivity index (χ3v) is 5.90. The summed E-state index contributed by atoms with van der Waals surface area (Å²) in [6, 6.07) is 18.1. The lowest BCUT2D eigenvalue weighted by molar-refractivity contribution is 0.112. The van der Waals surface area contributed by atoms with Gasteiger partial charge in [0.15, 0.2) is 0 Å². The van der Waals surface area contributed by atoms with Gasteiger partial charge < -0.3 is 9.47 Å². The van der Waals surface area contributed by atoms with E-state index >= 15 is 0 Å². The molecule has 0 amide bonds. The first-order valence-electron chi connectivity index (χ1n) is 11.5. The van der Waals surface area contributed by atoms with Crippen molar-refractivity contribution in [2.24, 2.45) is 0 Å². The lowest BCUT2D eigenvalue weighted by atomic mass is 9.80. The van der Waals surface area contributed by atoms with Crippen molar-refractivity contribution >= 4 is 6.29 Å². The highest BCUT2D eigenvalue weighted by Crippen LogP contribution is 2.38. The van der Waals surface area contributed by atoms with E-state index in [2.05, 4.69) is 59.7 Å². The fourth-order valence-electron chi connectivity index (χ4n) is 3.86. The molecule has 3 nitrogen and oxygen atoms in total. The summed E-state index contributed by atoms with van der Waals surface area (Å²) >= 11 is 0. The lowest BCUT2D eigenvalue weighted by Crippen LogP contribution is -2.17. The van der Waals surface area contributed by atoms with Gasteiger partial charge in [-0.05, 0) is 65.6 Å². The first kappa shape index (κ1) is 24.6. The van der Waals surface area contributed by atoms with Crippen molar-refractivity contribution in [3.8, 4) is 17.2 Å². The smallest absolute Gasteiger partial charge is 0.150 e. The Morgan fingerprint density at radius 2 is 1.48 bits per heavy atom. The van der Waals surface area contributed by atoms with Crippen LogP contribution in [0.3, 0.4) is 0 Å². The molecular weight excluding hydrogens is 408 g/mol. The van der Waals surface area contributed by atoms with E-state index in [0.717, 1.165) is 40.0 Å². The number of aldehydes is 1. The molecule has 3 aromatic carbocycles. The molecule has 0 saturated heterocycles. The number of aryl methyl sites for hydroxylation is 2. The van der Waals surface area contributed by atoms with Crippen molar-refractivity contribution in [1.29, 1.82) is 0 Å². The maximum atomic E-state index is 11.7. The van der Waals surface area contributed by atoms with Gasteiger partial charge in [0.25, 0.3) is 0 Å². The largest absolute Gasteiger partial charge is 0.488 e. The van der Waals surface area contributed by atoms with E-state index in [4.69, 9.17) is 9.47 Å². The van der Waals surface area contributed by atoms with E-state index in [1.165, 1.54) is 5.56 Å². The molecule has 0 radical (unpaired) electrons. The van der Waals surface area contributed by atoms with Gasteiger partial charge in [-0.3, -0.25) is 4.79 Å². The second-order valence-corrected chi connectivity index (χ2v) is 10.8. The average molecular weight is 445 g/mol. The number of ether oxygens (including phenoxy) is 2. The standard InChI is InChI=1S/C30H36O3/c1-20-10-9-11-21(2)28(20)32-19-23-16-25(14-12-22(23)18-31)33-27-15-13-24(29(3,4)5)17-26(27)30(6,7)8/h9-18H,19H2,1-8H3. The summed E-state index contributed by atoms with van der Waals surface area (Å²) in [5.74, 6) is 2.37. The maximum absolute atomic E-state index is 11.7. The minimum Gasteiger partial charge on any atom is -0.488 e. The van der Waals surface area contributed by atoms with Gasteiger partial charge in [0, 0.05) is 16.7 Å². The average Bonchev–Trinajstić information content (AvgIpc) is 2.72. The molecule has 0 bridgehead atoms. The van der Waals surface area contributed by atoms with Gasteiger partial charge in [-0.1, -0.05) is 71.9 Å². The highest BCUT2D eigenvalue weighted by atomic mass is 16.5. The van der Waals surface area contributed by atoms with Gasteiger partial charge in [0.2, 0.25) is 0 Å². The van der Waals surface area contributed by atoms with Gasteiger partial charge >= 0.3 is 0 Å². The molecule has 0 N–H and O–H groups in total. The Morgan fingerprint density at radius 3 is 2.06 bits per heavy atom. The van der Waals surface area contributed by atoms with Crippen LogP contribution in [0.2, 0.25) is 0 Å². The zero-order chi connectivity index (χ0) is 24.4. The van der Waals surface area contributed by atoms with E-state index in [0.29, 0.717) is 17.9 Å². The zero-order valence-corrected chi connectivity index (χ0v) is 21.2. The molecule has 33 heavy (non-hydrogen) atoms. The van der Waals surface area contributed by atoms with Crippen molar-refractivity contribution in [1.82, 2.24) is 0 Å². The quantitative estimate of drug-likeness (QED) is 0.360. The minimum absolute atomic E-state index is 0.0579. The van der Waals surface area contributed by atoms with Crippen LogP contribution in [0, 0.1) is 13.8 Å². The van der Waals surface area contributed by atoms with Crippen LogP contribution >= 0.6 is 0 Å². The van der Waals surface area contributed by atoms with Crippen molar-refractivity contribution in [3.63, 3.8) is 0 Å². The molecule has 0 heterocycles. The van der Waals surface area contributed by atoms with E-state index in [1.54, 1.807) is 6.07 Å². The zero-order valence-electron chi connectivity index (χ0n) is 21.2. The molecule has 0 aromatic heterocycles. The van der Waals surface area contributed by atoms with E-state index in [-0.39, 0.29) is 10.8 Å². The van der Waals surface area contributed by atoms with E-state index in [9.17, 15) is 4.79 Å².